The van der Waals surface area contributed by atoms with E-state index in [2.05, 4.69) is 25.5 Å². The van der Waals surface area contributed by atoms with Gasteiger partial charge in [-0.2, -0.15) is 5.10 Å². The van der Waals surface area contributed by atoms with Crippen molar-refractivity contribution >= 4 is 11.5 Å². The molecular weight excluding hydrogens is 266 g/mol. The van der Waals surface area contributed by atoms with Crippen LogP contribution in [0.15, 0.2) is 18.6 Å². The van der Waals surface area contributed by atoms with Crippen LogP contribution in [0.25, 0.3) is 11.4 Å². The van der Waals surface area contributed by atoms with Crippen LogP contribution in [-0.2, 0) is 0 Å². The first-order valence-corrected chi connectivity index (χ1v) is 6.26. The lowest BCUT2D eigenvalue weighted by atomic mass is 10.2. The summed E-state index contributed by atoms with van der Waals surface area (Å²) in [4.78, 5) is 9.93. The minimum absolute atomic E-state index is 0.153. The van der Waals surface area contributed by atoms with Crippen LogP contribution in [-0.4, -0.2) is 46.2 Å². The third-order valence-electron chi connectivity index (χ3n) is 3.30. The van der Waals surface area contributed by atoms with E-state index < -0.39 is 5.92 Å². The summed E-state index contributed by atoms with van der Waals surface area (Å²) < 4.78 is 26.7. The smallest absolute Gasteiger partial charge is 0.266 e. The molecule has 3 rings (SSSR count). The number of aromatic nitrogens is 4. The molecule has 2 aromatic rings. The van der Waals surface area contributed by atoms with Gasteiger partial charge in [0.2, 0.25) is 0 Å². The molecule has 2 N–H and O–H groups in total. The first-order chi connectivity index (χ1) is 9.61. The van der Waals surface area contributed by atoms with E-state index in [1.165, 1.54) is 6.33 Å². The molecule has 2 aromatic heterocycles. The zero-order chi connectivity index (χ0) is 14.2. The van der Waals surface area contributed by atoms with Gasteiger partial charge >= 0.3 is 0 Å². The number of halogens is 2. The number of H-pyrrole nitrogens is 1. The highest BCUT2D eigenvalue weighted by molar-refractivity contribution is 5.81. The van der Waals surface area contributed by atoms with Gasteiger partial charge in [0.15, 0.2) is 5.82 Å². The van der Waals surface area contributed by atoms with Gasteiger partial charge in [0.05, 0.1) is 12.2 Å². The molecule has 0 saturated carbocycles. The molecule has 1 saturated heterocycles. The molecule has 1 aliphatic rings. The molecule has 0 atom stereocenters. The first-order valence-electron chi connectivity index (χ1n) is 6.26. The number of alkyl halides is 2. The molecular formula is C12H14F2N6. The first kappa shape index (κ1) is 12.8. The lowest BCUT2D eigenvalue weighted by Crippen LogP contribution is -2.26. The maximum Gasteiger partial charge on any atom is 0.266 e. The fraction of sp³-hybridized carbons (Fsp3) is 0.417. The van der Waals surface area contributed by atoms with Gasteiger partial charge in [0.25, 0.3) is 5.92 Å². The molecule has 0 unspecified atom stereocenters. The second-order valence-electron chi connectivity index (χ2n) is 4.67. The highest BCUT2D eigenvalue weighted by Crippen LogP contribution is 2.36. The summed E-state index contributed by atoms with van der Waals surface area (Å²) in [6.07, 6.45) is 2.84. The van der Waals surface area contributed by atoms with Crippen molar-refractivity contribution in [1.82, 2.24) is 20.2 Å². The summed E-state index contributed by atoms with van der Waals surface area (Å²) >= 11 is 0. The number of anilines is 2. The van der Waals surface area contributed by atoms with E-state index in [0.29, 0.717) is 22.9 Å². The Morgan fingerprint density at radius 1 is 1.40 bits per heavy atom. The fourth-order valence-electron chi connectivity index (χ4n) is 2.35. The van der Waals surface area contributed by atoms with Crippen LogP contribution in [0.3, 0.4) is 0 Å². The van der Waals surface area contributed by atoms with Crippen molar-refractivity contribution in [3.8, 4) is 11.4 Å². The van der Waals surface area contributed by atoms with Crippen molar-refractivity contribution < 1.29 is 8.78 Å². The highest BCUT2D eigenvalue weighted by atomic mass is 19.3. The third-order valence-corrected chi connectivity index (χ3v) is 3.30. The van der Waals surface area contributed by atoms with Gasteiger partial charge in [-0.1, -0.05) is 0 Å². The van der Waals surface area contributed by atoms with E-state index >= 15 is 0 Å². The molecule has 8 heteroatoms. The molecule has 106 valence electrons. The predicted octanol–water partition coefficient (Wildman–Crippen LogP) is 1.75. The molecule has 0 aromatic carbocycles. The van der Waals surface area contributed by atoms with Crippen molar-refractivity contribution in [2.24, 2.45) is 0 Å². The van der Waals surface area contributed by atoms with Crippen LogP contribution in [0.4, 0.5) is 20.3 Å². The summed E-state index contributed by atoms with van der Waals surface area (Å²) in [6.45, 7) is -0.0395. The maximum absolute atomic E-state index is 13.4. The van der Waals surface area contributed by atoms with Gasteiger partial charge in [-0.15, -0.1) is 0 Å². The van der Waals surface area contributed by atoms with Crippen molar-refractivity contribution in [3.63, 3.8) is 0 Å². The largest absolute Gasteiger partial charge is 0.383 e. The third kappa shape index (κ3) is 2.17. The summed E-state index contributed by atoms with van der Waals surface area (Å²) in [5, 5.41) is 9.69. The Bertz CT molecular complexity index is 598. The van der Waals surface area contributed by atoms with Crippen LogP contribution in [0.5, 0.6) is 0 Å². The average molecular weight is 280 g/mol. The van der Waals surface area contributed by atoms with E-state index in [9.17, 15) is 8.78 Å². The number of nitrogens with one attached hydrogen (secondary N) is 2. The molecule has 20 heavy (non-hydrogen) atoms. The molecule has 0 bridgehead atoms. The summed E-state index contributed by atoms with van der Waals surface area (Å²) in [5.74, 6) is -2.17. The maximum atomic E-state index is 13.4. The molecule has 3 heterocycles. The van der Waals surface area contributed by atoms with Gasteiger partial charge in [0.1, 0.15) is 17.7 Å². The molecule has 6 nitrogen and oxygen atoms in total. The Hall–Kier alpha value is -2.25. The number of aromatic amines is 1. The summed E-state index contributed by atoms with van der Waals surface area (Å²) in [7, 11) is 1.72. The van der Waals surface area contributed by atoms with Crippen LogP contribution < -0.4 is 10.2 Å². The van der Waals surface area contributed by atoms with E-state index in [4.69, 9.17) is 0 Å². The zero-order valence-corrected chi connectivity index (χ0v) is 10.9. The standard InChI is InChI=1S/C12H14F2N6/c1-15-10-9(8-2-4-18-19-8)16-7-17-11(10)20-5-3-12(13,14)6-20/h2,4,7,15H,3,5-6H2,1H3,(H,18,19). The minimum atomic E-state index is -2.66. The van der Waals surface area contributed by atoms with Crippen LogP contribution in [0, 0.1) is 0 Å². The Morgan fingerprint density at radius 2 is 2.25 bits per heavy atom. The SMILES string of the molecule is CNc1c(-c2ccn[nH]2)ncnc1N1CCC(F)(F)C1. The normalized spacial score (nSPS) is 17.4. The average Bonchev–Trinajstić information content (AvgIpc) is 3.07. The van der Waals surface area contributed by atoms with Crippen molar-refractivity contribution in [2.45, 2.75) is 12.3 Å². The molecule has 0 amide bonds. The van der Waals surface area contributed by atoms with Gasteiger partial charge in [-0.05, 0) is 6.07 Å². The van der Waals surface area contributed by atoms with E-state index in [0.717, 1.165) is 0 Å². The van der Waals surface area contributed by atoms with Crippen LogP contribution in [0.1, 0.15) is 6.42 Å². The molecule has 0 aliphatic carbocycles. The predicted molar refractivity (Wildman–Crippen MR) is 70.9 cm³/mol. The zero-order valence-electron chi connectivity index (χ0n) is 10.9. The second kappa shape index (κ2) is 4.69. The van der Waals surface area contributed by atoms with Crippen molar-refractivity contribution in [3.05, 3.63) is 18.6 Å². The lowest BCUT2D eigenvalue weighted by Gasteiger charge is -2.21. The number of hydrogen-bond donors (Lipinski definition) is 2. The Balaban J connectivity index is 2.02. The lowest BCUT2D eigenvalue weighted by molar-refractivity contribution is 0.0257. The van der Waals surface area contributed by atoms with Gasteiger partial charge in [-0.3, -0.25) is 5.10 Å². The van der Waals surface area contributed by atoms with Crippen LogP contribution >= 0.6 is 0 Å². The summed E-state index contributed by atoms with van der Waals surface area (Å²) in [6, 6.07) is 1.77. The highest BCUT2D eigenvalue weighted by Gasteiger charge is 2.39. The summed E-state index contributed by atoms with van der Waals surface area (Å²) in [5.41, 5.74) is 1.95. The molecule has 0 spiro atoms. The Morgan fingerprint density at radius 3 is 2.85 bits per heavy atom. The monoisotopic (exact) mass is 280 g/mol. The fourth-order valence-corrected chi connectivity index (χ4v) is 2.35. The Labute approximate surface area is 114 Å². The van der Waals surface area contributed by atoms with E-state index in [1.807, 2.05) is 0 Å². The van der Waals surface area contributed by atoms with Gasteiger partial charge < -0.3 is 10.2 Å². The number of rotatable bonds is 3. The second-order valence-corrected chi connectivity index (χ2v) is 4.67. The van der Waals surface area contributed by atoms with E-state index in [-0.39, 0.29) is 19.5 Å². The molecule has 1 fully saturated rings. The van der Waals surface area contributed by atoms with Gasteiger partial charge in [0, 0.05) is 26.2 Å². The minimum Gasteiger partial charge on any atom is -0.383 e. The van der Waals surface area contributed by atoms with Crippen molar-refractivity contribution in [2.75, 3.05) is 30.4 Å². The Kier molecular flexibility index (Phi) is 3.00. The van der Waals surface area contributed by atoms with Gasteiger partial charge in [-0.25, -0.2) is 18.7 Å². The van der Waals surface area contributed by atoms with Crippen molar-refractivity contribution in [1.29, 1.82) is 0 Å². The topological polar surface area (TPSA) is 69.7 Å². The quantitative estimate of drug-likeness (QED) is 0.896. The number of hydrogen-bond acceptors (Lipinski definition) is 5. The number of nitrogens with zero attached hydrogens (tertiary/aromatic N) is 4. The van der Waals surface area contributed by atoms with E-state index in [1.54, 1.807) is 24.2 Å². The van der Waals surface area contributed by atoms with Crippen LogP contribution in [0.2, 0.25) is 0 Å². The molecule has 0 radical (unpaired) electrons. The molecule has 1 aliphatic heterocycles.